The number of carbonyl (C=O) groups is 1. The first kappa shape index (κ1) is 16.5. The summed E-state index contributed by atoms with van der Waals surface area (Å²) in [5.41, 5.74) is 2.58. The molecule has 3 N–H and O–H groups in total. The fourth-order valence-corrected chi connectivity index (χ4v) is 3.47. The van der Waals surface area contributed by atoms with E-state index in [9.17, 15) is 4.79 Å². The molecule has 134 valence electrons. The summed E-state index contributed by atoms with van der Waals surface area (Å²) in [5, 5.41) is 21.0. The van der Waals surface area contributed by atoms with Gasteiger partial charge in [-0.1, -0.05) is 12.1 Å². The Bertz CT molecular complexity index is 915. The van der Waals surface area contributed by atoms with E-state index in [0.29, 0.717) is 6.04 Å². The van der Waals surface area contributed by atoms with Crippen LogP contribution in [0.25, 0.3) is 10.9 Å². The molecule has 1 fully saturated rings. The van der Waals surface area contributed by atoms with E-state index in [1.807, 2.05) is 18.3 Å². The summed E-state index contributed by atoms with van der Waals surface area (Å²) in [5.74, 6) is -0.176. The molecule has 0 aliphatic carbocycles. The molecular formula is C19H21N5O2. The predicted octanol–water partition coefficient (Wildman–Crippen LogP) is 2.41. The Morgan fingerprint density at radius 1 is 1.31 bits per heavy atom. The van der Waals surface area contributed by atoms with Crippen molar-refractivity contribution in [1.82, 2.24) is 20.5 Å². The van der Waals surface area contributed by atoms with Gasteiger partial charge >= 0.3 is 5.97 Å². The number of benzene rings is 1. The molecule has 2 aromatic heterocycles. The summed E-state index contributed by atoms with van der Waals surface area (Å²) < 4.78 is 0. The third kappa shape index (κ3) is 3.39. The Kier molecular flexibility index (Phi) is 4.53. The van der Waals surface area contributed by atoms with E-state index >= 15 is 0 Å². The standard InChI is InChI=1S/C19H21N5O2/c25-19(26)13-4-7-20-18(10-13)24-8-5-15(6-9-24)21-11-14-2-1-3-17-16(14)12-22-23-17/h1-4,7,10,12,15,21H,5-6,8-9,11H2,(H,22,23)(H,25,26). The van der Waals surface area contributed by atoms with Crippen LogP contribution in [0.3, 0.4) is 0 Å². The highest BCUT2D eigenvalue weighted by atomic mass is 16.4. The normalized spacial score (nSPS) is 15.5. The second-order valence-electron chi connectivity index (χ2n) is 6.60. The largest absolute Gasteiger partial charge is 0.478 e. The molecule has 0 bridgehead atoms. The third-order valence-corrected chi connectivity index (χ3v) is 4.97. The van der Waals surface area contributed by atoms with Gasteiger partial charge in [0.1, 0.15) is 5.82 Å². The zero-order valence-electron chi connectivity index (χ0n) is 14.4. The first-order valence-electron chi connectivity index (χ1n) is 8.79. The van der Waals surface area contributed by atoms with Crippen LogP contribution in [0.5, 0.6) is 0 Å². The second-order valence-corrected chi connectivity index (χ2v) is 6.60. The van der Waals surface area contributed by atoms with Crippen LogP contribution >= 0.6 is 0 Å². The highest BCUT2D eigenvalue weighted by Gasteiger charge is 2.20. The molecular weight excluding hydrogens is 330 g/mol. The third-order valence-electron chi connectivity index (χ3n) is 4.97. The zero-order chi connectivity index (χ0) is 17.9. The number of nitrogens with one attached hydrogen (secondary N) is 2. The number of carboxylic acids is 1. The molecule has 1 saturated heterocycles. The molecule has 1 aromatic carbocycles. The van der Waals surface area contributed by atoms with Gasteiger partial charge in [0.15, 0.2) is 0 Å². The predicted molar refractivity (Wildman–Crippen MR) is 99.4 cm³/mol. The van der Waals surface area contributed by atoms with Crippen LogP contribution in [-0.2, 0) is 6.54 Å². The van der Waals surface area contributed by atoms with Crippen molar-refractivity contribution in [2.24, 2.45) is 0 Å². The molecule has 3 aromatic rings. The van der Waals surface area contributed by atoms with Crippen LogP contribution in [-0.4, -0.2) is 45.4 Å². The number of anilines is 1. The Morgan fingerprint density at radius 3 is 2.96 bits per heavy atom. The van der Waals surface area contributed by atoms with Gasteiger partial charge in [-0.05, 0) is 36.6 Å². The van der Waals surface area contributed by atoms with E-state index in [-0.39, 0.29) is 5.56 Å². The number of fused-ring (bicyclic) bond motifs is 1. The number of nitrogens with zero attached hydrogens (tertiary/aromatic N) is 3. The van der Waals surface area contributed by atoms with Gasteiger partial charge in [-0.3, -0.25) is 5.10 Å². The van der Waals surface area contributed by atoms with Crippen LogP contribution in [0, 0.1) is 0 Å². The second kappa shape index (κ2) is 7.13. The topological polar surface area (TPSA) is 94.1 Å². The van der Waals surface area contributed by atoms with Crippen molar-refractivity contribution >= 4 is 22.7 Å². The lowest BCUT2D eigenvalue weighted by molar-refractivity contribution is 0.0696. The number of aromatic nitrogens is 3. The average Bonchev–Trinajstić information content (AvgIpc) is 3.16. The van der Waals surface area contributed by atoms with Crippen molar-refractivity contribution in [3.63, 3.8) is 0 Å². The van der Waals surface area contributed by atoms with Crippen LogP contribution in [0.1, 0.15) is 28.8 Å². The van der Waals surface area contributed by atoms with E-state index in [2.05, 4.69) is 31.5 Å². The number of aromatic amines is 1. The summed E-state index contributed by atoms with van der Waals surface area (Å²) in [4.78, 5) is 17.6. The van der Waals surface area contributed by atoms with E-state index in [0.717, 1.165) is 49.2 Å². The first-order valence-corrected chi connectivity index (χ1v) is 8.79. The highest BCUT2D eigenvalue weighted by Crippen LogP contribution is 2.20. The van der Waals surface area contributed by atoms with Gasteiger partial charge in [-0.2, -0.15) is 5.10 Å². The molecule has 0 amide bonds. The van der Waals surface area contributed by atoms with Gasteiger partial charge in [-0.25, -0.2) is 9.78 Å². The Hall–Kier alpha value is -2.93. The average molecular weight is 351 g/mol. The summed E-state index contributed by atoms with van der Waals surface area (Å²) in [6.07, 6.45) is 5.44. The maximum atomic E-state index is 11.1. The monoisotopic (exact) mass is 351 g/mol. The molecule has 0 radical (unpaired) electrons. The summed E-state index contributed by atoms with van der Waals surface area (Å²) in [7, 11) is 0. The fraction of sp³-hybridized carbons (Fsp3) is 0.316. The molecule has 4 rings (SSSR count). The van der Waals surface area contributed by atoms with Crippen molar-refractivity contribution in [3.05, 3.63) is 53.9 Å². The van der Waals surface area contributed by atoms with Gasteiger partial charge in [-0.15, -0.1) is 0 Å². The Balaban J connectivity index is 1.34. The number of piperidine rings is 1. The summed E-state index contributed by atoms with van der Waals surface area (Å²) >= 11 is 0. The molecule has 0 spiro atoms. The lowest BCUT2D eigenvalue weighted by atomic mass is 10.0. The zero-order valence-corrected chi connectivity index (χ0v) is 14.4. The van der Waals surface area contributed by atoms with Gasteiger partial charge < -0.3 is 15.3 Å². The number of carboxylic acid groups (broad SMARTS) is 1. The molecule has 26 heavy (non-hydrogen) atoms. The molecule has 1 aliphatic rings. The van der Waals surface area contributed by atoms with E-state index in [1.54, 1.807) is 12.3 Å². The van der Waals surface area contributed by atoms with Gasteiger partial charge in [0.2, 0.25) is 0 Å². The molecule has 3 heterocycles. The van der Waals surface area contributed by atoms with Crippen molar-refractivity contribution in [3.8, 4) is 0 Å². The molecule has 1 aliphatic heterocycles. The fourth-order valence-electron chi connectivity index (χ4n) is 3.47. The van der Waals surface area contributed by atoms with E-state index < -0.39 is 5.97 Å². The smallest absolute Gasteiger partial charge is 0.335 e. The maximum absolute atomic E-state index is 11.1. The van der Waals surface area contributed by atoms with Gasteiger partial charge in [0.25, 0.3) is 0 Å². The van der Waals surface area contributed by atoms with Gasteiger partial charge in [0.05, 0.1) is 17.3 Å². The van der Waals surface area contributed by atoms with Crippen molar-refractivity contribution < 1.29 is 9.90 Å². The lowest BCUT2D eigenvalue weighted by Crippen LogP contribution is -2.42. The number of rotatable bonds is 5. The maximum Gasteiger partial charge on any atom is 0.335 e. The number of hydrogen-bond acceptors (Lipinski definition) is 5. The number of pyridine rings is 1. The summed E-state index contributed by atoms with van der Waals surface area (Å²) in [6, 6.07) is 9.81. The van der Waals surface area contributed by atoms with Gasteiger partial charge in [0, 0.05) is 37.3 Å². The first-order chi connectivity index (χ1) is 12.7. The Labute approximate surface area is 151 Å². The number of aromatic carboxylic acids is 1. The van der Waals surface area contributed by atoms with Crippen molar-refractivity contribution in [2.75, 3.05) is 18.0 Å². The molecule has 7 heteroatoms. The minimum absolute atomic E-state index is 0.281. The summed E-state index contributed by atoms with van der Waals surface area (Å²) in [6.45, 7) is 2.54. The molecule has 0 atom stereocenters. The molecule has 7 nitrogen and oxygen atoms in total. The minimum atomic E-state index is -0.918. The van der Waals surface area contributed by atoms with Crippen LogP contribution in [0.2, 0.25) is 0 Å². The van der Waals surface area contributed by atoms with Crippen molar-refractivity contribution in [1.29, 1.82) is 0 Å². The van der Waals surface area contributed by atoms with Crippen LogP contribution < -0.4 is 10.2 Å². The van der Waals surface area contributed by atoms with Crippen LogP contribution in [0.4, 0.5) is 5.82 Å². The Morgan fingerprint density at radius 2 is 2.15 bits per heavy atom. The van der Waals surface area contributed by atoms with E-state index in [4.69, 9.17) is 5.11 Å². The highest BCUT2D eigenvalue weighted by molar-refractivity contribution is 5.88. The number of H-pyrrole nitrogens is 1. The lowest BCUT2D eigenvalue weighted by Gasteiger charge is -2.33. The van der Waals surface area contributed by atoms with E-state index in [1.165, 1.54) is 11.6 Å². The molecule has 0 unspecified atom stereocenters. The van der Waals surface area contributed by atoms with Crippen LogP contribution in [0.15, 0.2) is 42.7 Å². The number of hydrogen-bond donors (Lipinski definition) is 3. The minimum Gasteiger partial charge on any atom is -0.478 e. The quantitative estimate of drug-likeness (QED) is 0.653. The van der Waals surface area contributed by atoms with Crippen molar-refractivity contribution in [2.45, 2.75) is 25.4 Å². The SMILES string of the molecule is O=C(O)c1ccnc(N2CCC(NCc3cccc4[nH]ncc34)CC2)c1. The molecule has 0 saturated carbocycles.